The molecule has 1 aliphatic heterocycles. The standard InChI is InChI=1S/C14H19N5OS/c1-9-8-12(20)16-13(15-9)10(2)21-14-18-17-11-6-4-3-5-7-19(11)14/h8,10H,3-7H2,1-2H3,(H,15,16,20)/t10-/m1/s1. The summed E-state index contributed by atoms with van der Waals surface area (Å²) in [5, 5.41) is 9.56. The van der Waals surface area contributed by atoms with Gasteiger partial charge in [-0.25, -0.2) is 4.98 Å². The van der Waals surface area contributed by atoms with E-state index in [1.54, 1.807) is 11.8 Å². The highest BCUT2D eigenvalue weighted by Crippen LogP contribution is 2.32. The lowest BCUT2D eigenvalue weighted by Crippen LogP contribution is -2.12. The maximum absolute atomic E-state index is 11.6. The number of hydrogen-bond acceptors (Lipinski definition) is 5. The van der Waals surface area contributed by atoms with Crippen LogP contribution in [0.1, 0.15) is 48.8 Å². The average molecular weight is 305 g/mol. The Hall–Kier alpha value is -1.63. The van der Waals surface area contributed by atoms with E-state index < -0.39 is 0 Å². The van der Waals surface area contributed by atoms with Crippen molar-refractivity contribution in [3.05, 3.63) is 33.8 Å². The SMILES string of the molecule is Cc1cc(=O)[nH]c([C@@H](C)Sc2nnc3n2CCCCC3)n1. The molecule has 1 aliphatic rings. The van der Waals surface area contributed by atoms with Gasteiger partial charge in [0.2, 0.25) is 0 Å². The molecule has 1 N–H and O–H groups in total. The molecule has 112 valence electrons. The van der Waals surface area contributed by atoms with Crippen LogP contribution in [0.25, 0.3) is 0 Å². The molecule has 6 nitrogen and oxygen atoms in total. The first-order chi connectivity index (χ1) is 10.1. The van der Waals surface area contributed by atoms with Crippen molar-refractivity contribution >= 4 is 11.8 Å². The number of nitrogens with one attached hydrogen (secondary N) is 1. The molecule has 0 amide bonds. The van der Waals surface area contributed by atoms with E-state index in [2.05, 4.69) is 24.7 Å². The molecule has 0 aromatic carbocycles. The number of thioether (sulfide) groups is 1. The Morgan fingerprint density at radius 3 is 3.00 bits per heavy atom. The monoisotopic (exact) mass is 305 g/mol. The highest BCUT2D eigenvalue weighted by Gasteiger charge is 2.19. The van der Waals surface area contributed by atoms with E-state index >= 15 is 0 Å². The quantitative estimate of drug-likeness (QED) is 0.880. The Bertz CT molecular complexity index is 693. The number of nitrogens with zero attached hydrogens (tertiary/aromatic N) is 4. The number of fused-ring (bicyclic) bond motifs is 1. The summed E-state index contributed by atoms with van der Waals surface area (Å²) in [5.41, 5.74) is 0.631. The molecule has 0 radical (unpaired) electrons. The smallest absolute Gasteiger partial charge is 0.251 e. The lowest BCUT2D eigenvalue weighted by molar-refractivity contribution is 0.590. The van der Waals surface area contributed by atoms with Gasteiger partial charge < -0.3 is 9.55 Å². The van der Waals surface area contributed by atoms with Crippen molar-refractivity contribution in [3.63, 3.8) is 0 Å². The van der Waals surface area contributed by atoms with Crippen LogP contribution in [0.2, 0.25) is 0 Å². The van der Waals surface area contributed by atoms with Crippen molar-refractivity contribution in [2.24, 2.45) is 0 Å². The topological polar surface area (TPSA) is 76.5 Å². The highest BCUT2D eigenvalue weighted by molar-refractivity contribution is 7.99. The van der Waals surface area contributed by atoms with Crippen molar-refractivity contribution < 1.29 is 0 Å². The zero-order valence-electron chi connectivity index (χ0n) is 12.3. The molecular weight excluding hydrogens is 286 g/mol. The molecule has 2 aromatic heterocycles. The predicted molar refractivity (Wildman–Crippen MR) is 81.4 cm³/mol. The number of aromatic nitrogens is 5. The number of H-pyrrole nitrogens is 1. The Morgan fingerprint density at radius 1 is 1.33 bits per heavy atom. The van der Waals surface area contributed by atoms with E-state index in [9.17, 15) is 4.79 Å². The molecule has 7 heteroatoms. The molecule has 2 aromatic rings. The second-order valence-electron chi connectivity index (χ2n) is 5.39. The van der Waals surface area contributed by atoms with Gasteiger partial charge in [0.05, 0.1) is 5.25 Å². The average Bonchev–Trinajstić information content (AvgIpc) is 2.67. The molecule has 0 aliphatic carbocycles. The first-order valence-corrected chi connectivity index (χ1v) is 8.18. The highest BCUT2D eigenvalue weighted by atomic mass is 32.2. The molecule has 0 spiro atoms. The van der Waals surface area contributed by atoms with Gasteiger partial charge in [-0.1, -0.05) is 18.2 Å². The van der Waals surface area contributed by atoms with Gasteiger partial charge in [0.15, 0.2) is 5.16 Å². The maximum Gasteiger partial charge on any atom is 0.251 e. The zero-order valence-corrected chi connectivity index (χ0v) is 13.1. The van der Waals surface area contributed by atoms with Crippen molar-refractivity contribution in [1.29, 1.82) is 0 Å². The largest absolute Gasteiger partial charge is 0.310 e. The maximum atomic E-state index is 11.6. The third kappa shape index (κ3) is 3.18. The second-order valence-corrected chi connectivity index (χ2v) is 6.70. The van der Waals surface area contributed by atoms with Crippen LogP contribution >= 0.6 is 11.8 Å². The van der Waals surface area contributed by atoms with E-state index in [1.165, 1.54) is 25.3 Å². The predicted octanol–water partition coefficient (Wildman–Crippen LogP) is 2.25. The van der Waals surface area contributed by atoms with Crippen LogP contribution in [0.3, 0.4) is 0 Å². The van der Waals surface area contributed by atoms with Crippen LogP contribution in [0.15, 0.2) is 16.0 Å². The van der Waals surface area contributed by atoms with Crippen LogP contribution in [-0.2, 0) is 13.0 Å². The van der Waals surface area contributed by atoms with Crippen molar-refractivity contribution in [2.45, 2.75) is 56.5 Å². The minimum Gasteiger partial charge on any atom is -0.310 e. The normalized spacial score (nSPS) is 16.3. The molecule has 21 heavy (non-hydrogen) atoms. The van der Waals surface area contributed by atoms with Crippen molar-refractivity contribution in [2.75, 3.05) is 0 Å². The summed E-state index contributed by atoms with van der Waals surface area (Å²) in [7, 11) is 0. The Kier molecular flexibility index (Phi) is 4.10. The van der Waals surface area contributed by atoms with Gasteiger partial charge in [0.25, 0.3) is 5.56 Å². The van der Waals surface area contributed by atoms with E-state index in [0.717, 1.165) is 29.6 Å². The summed E-state index contributed by atoms with van der Waals surface area (Å²) in [6, 6.07) is 1.50. The summed E-state index contributed by atoms with van der Waals surface area (Å²) in [6.45, 7) is 4.84. The fraction of sp³-hybridized carbons (Fsp3) is 0.571. The Morgan fingerprint density at radius 2 is 2.19 bits per heavy atom. The molecule has 0 unspecified atom stereocenters. The molecule has 1 atom stereocenters. The molecule has 0 bridgehead atoms. The Labute approximate surface area is 127 Å². The first kappa shape index (κ1) is 14.3. The van der Waals surface area contributed by atoms with E-state index in [0.29, 0.717) is 5.82 Å². The van der Waals surface area contributed by atoms with Crippen LogP contribution in [-0.4, -0.2) is 24.7 Å². The summed E-state index contributed by atoms with van der Waals surface area (Å²) in [5.74, 6) is 1.77. The zero-order chi connectivity index (χ0) is 14.8. The fourth-order valence-electron chi connectivity index (χ4n) is 2.55. The molecule has 0 saturated carbocycles. The number of hydrogen-bond donors (Lipinski definition) is 1. The van der Waals surface area contributed by atoms with Gasteiger partial charge in [-0.2, -0.15) is 0 Å². The summed E-state index contributed by atoms with van der Waals surface area (Å²) >= 11 is 1.60. The summed E-state index contributed by atoms with van der Waals surface area (Å²) in [6.07, 6.45) is 4.61. The van der Waals surface area contributed by atoms with Gasteiger partial charge in [0, 0.05) is 24.7 Å². The van der Waals surface area contributed by atoms with Crippen LogP contribution < -0.4 is 5.56 Å². The van der Waals surface area contributed by atoms with E-state index in [-0.39, 0.29) is 10.8 Å². The third-order valence-electron chi connectivity index (χ3n) is 3.63. The van der Waals surface area contributed by atoms with E-state index in [4.69, 9.17) is 0 Å². The van der Waals surface area contributed by atoms with Gasteiger partial charge in [-0.3, -0.25) is 4.79 Å². The molecular formula is C14H19N5OS. The lowest BCUT2D eigenvalue weighted by Gasteiger charge is -2.11. The minimum atomic E-state index is -0.106. The molecule has 3 heterocycles. The number of aryl methyl sites for hydroxylation is 2. The van der Waals surface area contributed by atoms with E-state index in [1.807, 2.05) is 13.8 Å². The lowest BCUT2D eigenvalue weighted by atomic mass is 10.2. The Balaban J connectivity index is 1.83. The van der Waals surface area contributed by atoms with Gasteiger partial charge in [-0.05, 0) is 26.7 Å². The molecule has 0 saturated heterocycles. The minimum absolute atomic E-state index is 0.0363. The fourth-order valence-corrected chi connectivity index (χ4v) is 3.51. The second kappa shape index (κ2) is 6.01. The van der Waals surface area contributed by atoms with Crippen molar-refractivity contribution in [1.82, 2.24) is 24.7 Å². The third-order valence-corrected chi connectivity index (χ3v) is 4.72. The van der Waals surface area contributed by atoms with Gasteiger partial charge in [0.1, 0.15) is 11.6 Å². The van der Waals surface area contributed by atoms with Crippen LogP contribution in [0.5, 0.6) is 0 Å². The van der Waals surface area contributed by atoms with Crippen molar-refractivity contribution in [3.8, 4) is 0 Å². The van der Waals surface area contributed by atoms with Crippen LogP contribution in [0.4, 0.5) is 0 Å². The van der Waals surface area contributed by atoms with Gasteiger partial charge >= 0.3 is 0 Å². The summed E-state index contributed by atoms with van der Waals surface area (Å²) < 4.78 is 2.21. The molecule has 0 fully saturated rings. The van der Waals surface area contributed by atoms with Gasteiger partial charge in [-0.15, -0.1) is 10.2 Å². The first-order valence-electron chi connectivity index (χ1n) is 7.30. The number of rotatable bonds is 3. The number of aromatic amines is 1. The molecule has 3 rings (SSSR count). The summed E-state index contributed by atoms with van der Waals surface area (Å²) in [4.78, 5) is 18.8. The van der Waals surface area contributed by atoms with Crippen LogP contribution in [0, 0.1) is 6.92 Å².